The average Bonchev–Trinajstić information content (AvgIpc) is 2.79. The molecule has 9 heteroatoms. The van der Waals surface area contributed by atoms with Gasteiger partial charge >= 0.3 is 0 Å². The Kier molecular flexibility index (Phi) is 6.66. The van der Waals surface area contributed by atoms with Crippen LogP contribution in [0.15, 0.2) is 29.2 Å². The minimum absolute atomic E-state index is 0.0109. The molecule has 0 unspecified atom stereocenters. The van der Waals surface area contributed by atoms with E-state index in [2.05, 4.69) is 10.3 Å². The first kappa shape index (κ1) is 22.2. The Bertz CT molecular complexity index is 1260. The highest BCUT2D eigenvalue weighted by atomic mass is 16.5. The molecule has 0 saturated heterocycles. The summed E-state index contributed by atoms with van der Waals surface area (Å²) in [5.74, 6) is -0.345. The molecule has 4 rings (SSSR count). The van der Waals surface area contributed by atoms with Gasteiger partial charge in [0.25, 0.3) is 11.5 Å². The first-order valence-corrected chi connectivity index (χ1v) is 11.1. The molecule has 3 aromatic rings. The molecule has 170 valence electrons. The molecule has 3 aromatic heterocycles. The molecular formula is C23H29N5O4. The smallest absolute Gasteiger partial charge is 0.267 e. The topological polar surface area (TPSA) is 122 Å². The van der Waals surface area contributed by atoms with Crippen molar-refractivity contribution in [2.24, 2.45) is 0 Å². The number of amides is 1. The lowest BCUT2D eigenvalue weighted by Crippen LogP contribution is -2.40. The highest BCUT2D eigenvalue weighted by Gasteiger charge is 2.21. The quantitative estimate of drug-likeness (QED) is 0.381. The number of rotatable bonds is 7. The first-order chi connectivity index (χ1) is 15.5. The Morgan fingerprint density at radius 3 is 2.81 bits per heavy atom. The van der Waals surface area contributed by atoms with E-state index in [-0.39, 0.29) is 60.3 Å². The van der Waals surface area contributed by atoms with Gasteiger partial charge in [0, 0.05) is 18.8 Å². The summed E-state index contributed by atoms with van der Waals surface area (Å²) in [6.07, 6.45) is 6.84. The third-order valence-electron chi connectivity index (χ3n) is 6.01. The molecule has 3 N–H and O–H groups in total. The first-order valence-electron chi connectivity index (χ1n) is 11.1. The summed E-state index contributed by atoms with van der Waals surface area (Å²) in [4.78, 5) is 31.1. The molecule has 0 spiro atoms. The summed E-state index contributed by atoms with van der Waals surface area (Å²) in [6.45, 7) is 2.39. The lowest BCUT2D eigenvalue weighted by molar-refractivity contribution is 0.0864. The number of aryl methyl sites for hydroxylation is 1. The normalized spacial score (nSPS) is 14.8. The fraction of sp³-hybridized carbons (Fsp3) is 0.478. The molecule has 1 aliphatic carbocycles. The van der Waals surface area contributed by atoms with Crippen LogP contribution in [0.2, 0.25) is 0 Å². The lowest BCUT2D eigenvalue weighted by Gasteiger charge is -2.23. The van der Waals surface area contributed by atoms with Gasteiger partial charge in [-0.2, -0.15) is 0 Å². The van der Waals surface area contributed by atoms with E-state index >= 15 is 0 Å². The van der Waals surface area contributed by atoms with E-state index in [9.17, 15) is 9.59 Å². The van der Waals surface area contributed by atoms with E-state index in [1.165, 1.54) is 16.9 Å². The van der Waals surface area contributed by atoms with Crippen LogP contribution in [0.25, 0.3) is 16.7 Å². The van der Waals surface area contributed by atoms with Crippen molar-refractivity contribution in [3.63, 3.8) is 0 Å². The number of fused-ring (bicyclic) bond motifs is 2. The zero-order valence-corrected chi connectivity index (χ0v) is 18.3. The van der Waals surface area contributed by atoms with Crippen LogP contribution in [-0.4, -0.2) is 50.8 Å². The van der Waals surface area contributed by atoms with E-state index in [0.29, 0.717) is 11.3 Å². The van der Waals surface area contributed by atoms with Gasteiger partial charge in [0.05, 0.1) is 30.8 Å². The molecule has 1 fully saturated rings. The van der Waals surface area contributed by atoms with Crippen LogP contribution in [-0.2, 0) is 11.3 Å². The van der Waals surface area contributed by atoms with E-state index in [1.807, 2.05) is 13.0 Å². The Labute approximate surface area is 185 Å². The van der Waals surface area contributed by atoms with Crippen molar-refractivity contribution in [1.29, 1.82) is 5.41 Å². The second kappa shape index (κ2) is 9.62. The largest absolute Gasteiger partial charge is 0.394 e. The summed E-state index contributed by atoms with van der Waals surface area (Å²) >= 11 is 0. The minimum atomic E-state index is -0.345. The highest BCUT2D eigenvalue weighted by molar-refractivity contribution is 5.97. The summed E-state index contributed by atoms with van der Waals surface area (Å²) < 4.78 is 8.41. The van der Waals surface area contributed by atoms with Crippen molar-refractivity contribution >= 4 is 22.6 Å². The molecule has 3 heterocycles. The highest BCUT2D eigenvalue weighted by Crippen LogP contribution is 2.18. The number of aliphatic hydroxyl groups is 1. The Hall–Kier alpha value is -3.04. The molecule has 0 aromatic carbocycles. The van der Waals surface area contributed by atoms with Crippen LogP contribution in [0.1, 0.15) is 48.0 Å². The minimum Gasteiger partial charge on any atom is -0.394 e. The van der Waals surface area contributed by atoms with Gasteiger partial charge in [0.1, 0.15) is 16.8 Å². The van der Waals surface area contributed by atoms with Crippen molar-refractivity contribution in [1.82, 2.24) is 19.3 Å². The molecule has 9 nitrogen and oxygen atoms in total. The van der Waals surface area contributed by atoms with Crippen molar-refractivity contribution in [2.75, 3.05) is 19.8 Å². The molecule has 0 radical (unpaired) electrons. The molecule has 1 saturated carbocycles. The number of nitrogens with zero attached hydrogens (tertiary/aromatic N) is 3. The number of hydrogen-bond donors (Lipinski definition) is 3. The Morgan fingerprint density at radius 1 is 1.28 bits per heavy atom. The molecule has 0 bridgehead atoms. The van der Waals surface area contributed by atoms with Crippen molar-refractivity contribution < 1.29 is 14.6 Å². The second-order valence-electron chi connectivity index (χ2n) is 8.24. The molecule has 1 aliphatic rings. The second-order valence-corrected chi connectivity index (χ2v) is 8.24. The van der Waals surface area contributed by atoms with Gasteiger partial charge in [-0.15, -0.1) is 0 Å². The number of aliphatic hydroxyl groups excluding tert-OH is 1. The van der Waals surface area contributed by atoms with Gasteiger partial charge in [-0.1, -0.05) is 25.3 Å². The van der Waals surface area contributed by atoms with Crippen LogP contribution in [0.5, 0.6) is 0 Å². The third kappa shape index (κ3) is 4.31. The van der Waals surface area contributed by atoms with Crippen LogP contribution < -0.4 is 16.4 Å². The number of carbonyl (C=O) groups is 1. The van der Waals surface area contributed by atoms with Crippen molar-refractivity contribution in [2.45, 2.75) is 51.6 Å². The number of carbonyl (C=O) groups excluding carboxylic acids is 1. The van der Waals surface area contributed by atoms with Gasteiger partial charge in [0.2, 0.25) is 0 Å². The number of hydrogen-bond acceptors (Lipinski definition) is 6. The van der Waals surface area contributed by atoms with Gasteiger partial charge in [-0.05, 0) is 37.5 Å². The monoisotopic (exact) mass is 439 g/mol. The zero-order chi connectivity index (χ0) is 22.7. The van der Waals surface area contributed by atoms with Crippen molar-refractivity contribution in [3.05, 3.63) is 51.4 Å². The summed E-state index contributed by atoms with van der Waals surface area (Å²) in [5, 5.41) is 21.0. The number of aromatic nitrogens is 3. The number of nitrogens with one attached hydrogen (secondary N) is 2. The molecule has 0 aliphatic heterocycles. The van der Waals surface area contributed by atoms with Crippen molar-refractivity contribution in [3.8, 4) is 0 Å². The molecule has 32 heavy (non-hydrogen) atoms. The summed E-state index contributed by atoms with van der Waals surface area (Å²) in [7, 11) is 0. The standard InChI is InChI=1S/C23H29N5O4/c1-15-6-5-9-28-20(15)26-21-18(23(28)31)14-17(19(24)27(21)10-12-32-13-11-29)22(30)25-16-7-3-2-4-8-16/h5-6,9,14,16,24,29H,2-4,7-8,10-13H2,1H3,(H,25,30). The zero-order valence-electron chi connectivity index (χ0n) is 18.3. The van der Waals surface area contributed by atoms with E-state index in [0.717, 1.165) is 31.2 Å². The SMILES string of the molecule is Cc1cccn2c(=O)c3cc(C(=O)NC4CCCCC4)c(=N)n(CCOCCO)c3nc12. The van der Waals surface area contributed by atoms with Gasteiger partial charge in [-0.3, -0.25) is 19.4 Å². The lowest BCUT2D eigenvalue weighted by atomic mass is 9.95. The number of pyridine rings is 2. The molecular weight excluding hydrogens is 410 g/mol. The Morgan fingerprint density at radius 2 is 2.06 bits per heavy atom. The van der Waals surface area contributed by atoms with Gasteiger partial charge < -0.3 is 19.7 Å². The summed E-state index contributed by atoms with van der Waals surface area (Å²) in [5.41, 5.74) is 1.54. The predicted octanol–water partition coefficient (Wildman–Crippen LogP) is 1.51. The average molecular weight is 440 g/mol. The van der Waals surface area contributed by atoms with E-state index < -0.39 is 0 Å². The predicted molar refractivity (Wildman–Crippen MR) is 120 cm³/mol. The van der Waals surface area contributed by atoms with E-state index in [4.69, 9.17) is 15.3 Å². The maximum atomic E-state index is 13.3. The number of ether oxygens (including phenoxy) is 1. The molecule has 0 atom stereocenters. The third-order valence-corrected chi connectivity index (χ3v) is 6.01. The van der Waals surface area contributed by atoms with Gasteiger partial charge in [0.15, 0.2) is 0 Å². The fourth-order valence-electron chi connectivity index (χ4n) is 4.32. The van der Waals surface area contributed by atoms with Crippen LogP contribution in [0.4, 0.5) is 0 Å². The maximum absolute atomic E-state index is 13.3. The van der Waals surface area contributed by atoms with Crippen LogP contribution in [0, 0.1) is 12.3 Å². The molecule has 1 amide bonds. The maximum Gasteiger partial charge on any atom is 0.267 e. The fourth-order valence-corrected chi connectivity index (χ4v) is 4.32. The van der Waals surface area contributed by atoms with Crippen LogP contribution >= 0.6 is 0 Å². The van der Waals surface area contributed by atoms with E-state index in [1.54, 1.807) is 16.8 Å². The Balaban J connectivity index is 1.85. The van der Waals surface area contributed by atoms with Gasteiger partial charge in [-0.25, -0.2) is 4.98 Å². The van der Waals surface area contributed by atoms with Crippen LogP contribution in [0.3, 0.4) is 0 Å². The summed E-state index contributed by atoms with van der Waals surface area (Å²) in [6, 6.07) is 5.23.